The molecule has 0 spiro atoms. The van der Waals surface area contributed by atoms with Crippen molar-refractivity contribution in [3.05, 3.63) is 48.3 Å². The summed E-state index contributed by atoms with van der Waals surface area (Å²) in [6, 6.07) is 10.0. The summed E-state index contributed by atoms with van der Waals surface area (Å²) in [6.45, 7) is 4.49. The van der Waals surface area contributed by atoms with E-state index >= 15 is 0 Å². The van der Waals surface area contributed by atoms with Crippen molar-refractivity contribution in [2.75, 3.05) is 13.1 Å². The molecule has 1 aromatic heterocycles. The Morgan fingerprint density at radius 2 is 2.09 bits per heavy atom. The lowest BCUT2D eigenvalue weighted by molar-refractivity contribution is 0.199. The van der Waals surface area contributed by atoms with Crippen LogP contribution in [0.3, 0.4) is 0 Å². The van der Waals surface area contributed by atoms with Gasteiger partial charge in [0.25, 0.3) is 0 Å². The molecular formula is C18H24N4O. The second-order valence-corrected chi connectivity index (χ2v) is 6.31. The van der Waals surface area contributed by atoms with E-state index in [2.05, 4.69) is 17.3 Å². The van der Waals surface area contributed by atoms with Crippen LogP contribution in [0.25, 0.3) is 5.69 Å². The zero-order chi connectivity index (χ0) is 16.1. The van der Waals surface area contributed by atoms with E-state index in [-0.39, 0.29) is 6.03 Å². The highest BCUT2D eigenvalue weighted by Gasteiger charge is 2.18. The highest BCUT2D eigenvalue weighted by molar-refractivity contribution is 5.74. The lowest BCUT2D eigenvalue weighted by atomic mass is 10.0. The zero-order valence-electron chi connectivity index (χ0n) is 13.6. The molecule has 122 valence electrons. The van der Waals surface area contributed by atoms with Gasteiger partial charge in [0.1, 0.15) is 0 Å². The molecule has 5 heteroatoms. The number of carbonyl (C=O) groups excluding carboxylic acids is 1. The molecule has 2 amide bonds. The molecule has 0 radical (unpaired) electrons. The van der Waals surface area contributed by atoms with E-state index in [0.29, 0.717) is 6.54 Å². The van der Waals surface area contributed by atoms with Crippen LogP contribution in [-0.4, -0.2) is 33.8 Å². The number of para-hydroxylation sites is 1. The minimum absolute atomic E-state index is 0.0339. The predicted octanol–water partition coefficient (Wildman–Crippen LogP) is 3.20. The summed E-state index contributed by atoms with van der Waals surface area (Å²) in [5, 5.41) is 7.36. The van der Waals surface area contributed by atoms with Crippen LogP contribution in [0.4, 0.5) is 4.79 Å². The number of likely N-dealkylation sites (tertiary alicyclic amines) is 1. The summed E-state index contributed by atoms with van der Waals surface area (Å²) in [5.74, 6) is 0.719. The summed E-state index contributed by atoms with van der Waals surface area (Å²) in [5.41, 5.74) is 2.02. The van der Waals surface area contributed by atoms with E-state index < -0.39 is 0 Å². The van der Waals surface area contributed by atoms with Crippen LogP contribution < -0.4 is 5.32 Å². The average Bonchev–Trinajstić information content (AvgIpc) is 2.95. The van der Waals surface area contributed by atoms with E-state index in [4.69, 9.17) is 0 Å². The normalized spacial score (nSPS) is 18.5. The third kappa shape index (κ3) is 4.12. The molecule has 1 aliphatic heterocycles. The molecule has 0 saturated carbocycles. The molecule has 2 heterocycles. The number of nitrogens with zero attached hydrogens (tertiary/aromatic N) is 3. The molecule has 5 nitrogen and oxygen atoms in total. The summed E-state index contributed by atoms with van der Waals surface area (Å²) in [4.78, 5) is 14.2. The van der Waals surface area contributed by atoms with Crippen molar-refractivity contribution >= 4 is 6.03 Å². The number of rotatable bonds is 3. The van der Waals surface area contributed by atoms with Crippen LogP contribution >= 0.6 is 0 Å². The maximum absolute atomic E-state index is 12.3. The van der Waals surface area contributed by atoms with Gasteiger partial charge in [0.05, 0.1) is 11.9 Å². The van der Waals surface area contributed by atoms with Gasteiger partial charge >= 0.3 is 6.03 Å². The quantitative estimate of drug-likeness (QED) is 0.946. The van der Waals surface area contributed by atoms with E-state index in [0.717, 1.165) is 43.1 Å². The fraction of sp³-hybridized carbons (Fsp3) is 0.444. The van der Waals surface area contributed by atoms with Gasteiger partial charge in [-0.3, -0.25) is 0 Å². The fourth-order valence-corrected chi connectivity index (χ4v) is 2.93. The maximum atomic E-state index is 12.3. The Morgan fingerprint density at radius 1 is 1.26 bits per heavy atom. The van der Waals surface area contributed by atoms with Crippen LogP contribution in [0.1, 0.15) is 31.7 Å². The molecule has 1 fully saturated rings. The number of benzene rings is 1. The first kappa shape index (κ1) is 15.6. The second kappa shape index (κ2) is 7.31. The van der Waals surface area contributed by atoms with E-state index in [1.807, 2.05) is 46.1 Å². The van der Waals surface area contributed by atoms with E-state index in [9.17, 15) is 4.79 Å². The van der Waals surface area contributed by atoms with Crippen LogP contribution in [0, 0.1) is 5.92 Å². The summed E-state index contributed by atoms with van der Waals surface area (Å²) in [6.07, 6.45) is 7.17. The first-order valence-corrected chi connectivity index (χ1v) is 8.34. The molecule has 1 atom stereocenters. The van der Waals surface area contributed by atoms with Gasteiger partial charge in [0.2, 0.25) is 0 Å². The van der Waals surface area contributed by atoms with Gasteiger partial charge in [-0.2, -0.15) is 5.10 Å². The third-order valence-electron chi connectivity index (χ3n) is 4.40. The molecule has 0 unspecified atom stereocenters. The first-order chi connectivity index (χ1) is 11.2. The Kier molecular flexibility index (Phi) is 4.95. The number of carbonyl (C=O) groups is 1. The molecule has 1 N–H and O–H groups in total. The number of aromatic nitrogens is 2. The van der Waals surface area contributed by atoms with Crippen LogP contribution in [0.2, 0.25) is 0 Å². The smallest absolute Gasteiger partial charge is 0.317 e. The number of amides is 2. The van der Waals surface area contributed by atoms with Gasteiger partial charge in [-0.05, 0) is 37.3 Å². The highest BCUT2D eigenvalue weighted by Crippen LogP contribution is 2.16. The topological polar surface area (TPSA) is 50.2 Å². The van der Waals surface area contributed by atoms with Crippen LogP contribution in [0.5, 0.6) is 0 Å². The number of hydrogen-bond donors (Lipinski definition) is 1. The number of hydrogen-bond acceptors (Lipinski definition) is 2. The Hall–Kier alpha value is -2.30. The van der Waals surface area contributed by atoms with Crippen molar-refractivity contribution in [2.45, 2.75) is 32.7 Å². The van der Waals surface area contributed by atoms with Crippen molar-refractivity contribution in [2.24, 2.45) is 5.92 Å². The molecule has 0 bridgehead atoms. The average molecular weight is 312 g/mol. The predicted molar refractivity (Wildman–Crippen MR) is 90.4 cm³/mol. The summed E-state index contributed by atoms with van der Waals surface area (Å²) in [7, 11) is 0. The molecule has 1 saturated heterocycles. The molecule has 1 aromatic carbocycles. The van der Waals surface area contributed by atoms with Gasteiger partial charge < -0.3 is 10.2 Å². The van der Waals surface area contributed by atoms with E-state index in [1.165, 1.54) is 6.42 Å². The largest absolute Gasteiger partial charge is 0.334 e. The van der Waals surface area contributed by atoms with Gasteiger partial charge in [0, 0.05) is 31.4 Å². The Bertz CT molecular complexity index is 637. The van der Waals surface area contributed by atoms with E-state index in [1.54, 1.807) is 6.20 Å². The second-order valence-electron chi connectivity index (χ2n) is 6.31. The monoisotopic (exact) mass is 312 g/mol. The Labute approximate surface area is 137 Å². The van der Waals surface area contributed by atoms with Crippen molar-refractivity contribution in [3.8, 4) is 5.69 Å². The molecule has 0 aliphatic carbocycles. The summed E-state index contributed by atoms with van der Waals surface area (Å²) >= 11 is 0. The van der Waals surface area contributed by atoms with Crippen LogP contribution in [0.15, 0.2) is 42.7 Å². The van der Waals surface area contributed by atoms with Crippen molar-refractivity contribution in [3.63, 3.8) is 0 Å². The molecule has 2 aromatic rings. The highest BCUT2D eigenvalue weighted by atomic mass is 16.2. The molecule has 23 heavy (non-hydrogen) atoms. The lowest BCUT2D eigenvalue weighted by Gasteiger charge is -2.20. The van der Waals surface area contributed by atoms with Crippen molar-refractivity contribution in [1.82, 2.24) is 20.0 Å². The zero-order valence-corrected chi connectivity index (χ0v) is 13.6. The molecule has 3 rings (SSSR count). The van der Waals surface area contributed by atoms with Gasteiger partial charge in [-0.1, -0.05) is 25.1 Å². The maximum Gasteiger partial charge on any atom is 0.317 e. The van der Waals surface area contributed by atoms with Crippen molar-refractivity contribution < 1.29 is 4.79 Å². The molecular weight excluding hydrogens is 288 g/mol. The van der Waals surface area contributed by atoms with Crippen LogP contribution in [-0.2, 0) is 6.54 Å². The third-order valence-corrected chi connectivity index (χ3v) is 4.40. The van der Waals surface area contributed by atoms with Gasteiger partial charge in [0.15, 0.2) is 0 Å². The lowest BCUT2D eigenvalue weighted by Crippen LogP contribution is -2.40. The Morgan fingerprint density at radius 3 is 2.91 bits per heavy atom. The first-order valence-electron chi connectivity index (χ1n) is 8.34. The van der Waals surface area contributed by atoms with Crippen molar-refractivity contribution in [1.29, 1.82) is 0 Å². The molecule has 1 aliphatic rings. The summed E-state index contributed by atoms with van der Waals surface area (Å²) < 4.78 is 1.83. The number of nitrogens with one attached hydrogen (secondary N) is 1. The van der Waals surface area contributed by atoms with Gasteiger partial charge in [-0.25, -0.2) is 9.48 Å². The number of urea groups is 1. The minimum Gasteiger partial charge on any atom is -0.334 e. The SMILES string of the molecule is C[C@H]1CCCN(C(=O)NCc2cnn(-c3ccccc3)c2)CC1. The van der Waals surface area contributed by atoms with Gasteiger partial charge in [-0.15, -0.1) is 0 Å². The fourth-order valence-electron chi connectivity index (χ4n) is 2.93. The minimum atomic E-state index is 0.0339. The standard InChI is InChI=1S/C18H24N4O/c1-15-6-5-10-21(11-9-15)18(23)19-12-16-13-20-22(14-16)17-7-3-2-4-8-17/h2-4,7-8,13-15H,5-6,9-12H2,1H3,(H,19,23)/t15-/m0/s1. The Balaban J connectivity index is 1.54.